The van der Waals surface area contributed by atoms with Crippen LogP contribution in [-0.2, 0) is 13.6 Å². The van der Waals surface area contributed by atoms with Gasteiger partial charge in [-0.2, -0.15) is 0 Å². The Labute approximate surface area is 229 Å². The molecule has 0 atom stereocenters. The molecule has 1 amide bonds. The Bertz CT molecular complexity index is 1320. The van der Waals surface area contributed by atoms with E-state index in [0.717, 1.165) is 42.7 Å². The summed E-state index contributed by atoms with van der Waals surface area (Å²) >= 11 is 0. The van der Waals surface area contributed by atoms with Gasteiger partial charge >= 0.3 is 0 Å². The standard InChI is InChI=1S/C28H30N4O3.2ClH/c1-31-26-10-9-25(20-24(26)8-11-27(31)33)35-19-5-17-32(21-22-12-14-29-15-13-22)18-16-30-28(34)23-6-3-2-4-7-23;;/h2-4,6-15,20H,5,16-19,21H2,1H3,(H,30,34);2*1H. The molecule has 2 heterocycles. The summed E-state index contributed by atoms with van der Waals surface area (Å²) in [4.78, 5) is 30.6. The lowest BCUT2D eigenvalue weighted by Crippen LogP contribution is -2.35. The van der Waals surface area contributed by atoms with E-state index >= 15 is 0 Å². The summed E-state index contributed by atoms with van der Waals surface area (Å²) in [6.45, 7) is 3.45. The number of amides is 1. The topological polar surface area (TPSA) is 76.5 Å². The number of ether oxygens (including phenoxy) is 1. The third-order valence-electron chi connectivity index (χ3n) is 5.89. The zero-order valence-electron chi connectivity index (χ0n) is 20.7. The van der Waals surface area contributed by atoms with Crippen LogP contribution >= 0.6 is 24.8 Å². The van der Waals surface area contributed by atoms with E-state index in [0.29, 0.717) is 18.7 Å². The minimum absolute atomic E-state index is 0. The van der Waals surface area contributed by atoms with Gasteiger partial charge in [0.1, 0.15) is 5.75 Å². The van der Waals surface area contributed by atoms with E-state index in [4.69, 9.17) is 4.74 Å². The second-order valence-electron chi connectivity index (χ2n) is 8.41. The lowest BCUT2D eigenvalue weighted by atomic mass is 10.2. The normalized spacial score (nSPS) is 10.4. The van der Waals surface area contributed by atoms with Crippen molar-refractivity contribution in [3.8, 4) is 5.75 Å². The van der Waals surface area contributed by atoms with Crippen molar-refractivity contribution in [2.75, 3.05) is 26.2 Å². The zero-order chi connectivity index (χ0) is 24.5. The van der Waals surface area contributed by atoms with E-state index in [-0.39, 0.29) is 36.3 Å². The molecule has 0 aliphatic rings. The van der Waals surface area contributed by atoms with Crippen LogP contribution in [0.15, 0.2) is 90.0 Å². The number of aromatic nitrogens is 2. The van der Waals surface area contributed by atoms with Crippen LogP contribution < -0.4 is 15.6 Å². The van der Waals surface area contributed by atoms with Gasteiger partial charge in [0.15, 0.2) is 0 Å². The van der Waals surface area contributed by atoms with Crippen molar-refractivity contribution in [3.63, 3.8) is 0 Å². The van der Waals surface area contributed by atoms with Gasteiger partial charge in [0, 0.05) is 62.6 Å². The quantitative estimate of drug-likeness (QED) is 0.283. The first-order valence-electron chi connectivity index (χ1n) is 11.8. The molecule has 2 aromatic heterocycles. The van der Waals surface area contributed by atoms with Crippen molar-refractivity contribution in [2.24, 2.45) is 7.05 Å². The molecule has 1 N–H and O–H groups in total. The molecule has 0 aliphatic carbocycles. The number of fused-ring (bicyclic) bond motifs is 1. The van der Waals surface area contributed by atoms with Crippen LogP contribution in [0, 0.1) is 0 Å². The SMILES string of the molecule is Cl.Cl.Cn1c(=O)ccc2cc(OCCCN(CCNC(=O)c3ccccc3)Cc3ccncc3)ccc21. The first-order chi connectivity index (χ1) is 17.1. The van der Waals surface area contributed by atoms with Crippen LogP contribution in [-0.4, -0.2) is 46.6 Å². The second-order valence-corrected chi connectivity index (χ2v) is 8.41. The van der Waals surface area contributed by atoms with E-state index in [2.05, 4.69) is 15.2 Å². The molecule has 4 aromatic rings. The monoisotopic (exact) mass is 542 g/mol. The Morgan fingerprint density at radius 3 is 2.49 bits per heavy atom. The van der Waals surface area contributed by atoms with Gasteiger partial charge in [-0.05, 0) is 60.5 Å². The van der Waals surface area contributed by atoms with Gasteiger partial charge in [-0.15, -0.1) is 24.8 Å². The summed E-state index contributed by atoms with van der Waals surface area (Å²) in [5.74, 6) is 0.721. The maximum atomic E-state index is 12.4. The number of nitrogens with zero attached hydrogens (tertiary/aromatic N) is 3. The van der Waals surface area contributed by atoms with Crippen LogP contribution in [0.5, 0.6) is 5.75 Å². The van der Waals surface area contributed by atoms with Gasteiger partial charge in [-0.1, -0.05) is 18.2 Å². The first-order valence-corrected chi connectivity index (χ1v) is 11.8. The van der Waals surface area contributed by atoms with Crippen molar-refractivity contribution in [1.29, 1.82) is 0 Å². The van der Waals surface area contributed by atoms with Crippen LogP contribution in [0.2, 0.25) is 0 Å². The molecule has 196 valence electrons. The fourth-order valence-corrected chi connectivity index (χ4v) is 3.97. The molecule has 37 heavy (non-hydrogen) atoms. The largest absolute Gasteiger partial charge is 0.494 e. The molecule has 0 fully saturated rings. The van der Waals surface area contributed by atoms with E-state index in [1.807, 2.05) is 66.7 Å². The van der Waals surface area contributed by atoms with Gasteiger partial charge in [-0.25, -0.2) is 0 Å². The van der Waals surface area contributed by atoms with Crippen molar-refractivity contribution in [2.45, 2.75) is 13.0 Å². The average Bonchev–Trinajstić information content (AvgIpc) is 2.89. The molecule has 7 nitrogen and oxygen atoms in total. The molecule has 9 heteroatoms. The number of benzene rings is 2. The highest BCUT2D eigenvalue weighted by Gasteiger charge is 2.09. The minimum Gasteiger partial charge on any atom is -0.494 e. The van der Waals surface area contributed by atoms with Gasteiger partial charge in [0.25, 0.3) is 11.5 Å². The molecular weight excluding hydrogens is 511 g/mol. The molecule has 2 aromatic carbocycles. The number of nitrogens with one attached hydrogen (secondary N) is 1. The lowest BCUT2D eigenvalue weighted by Gasteiger charge is -2.22. The Hall–Kier alpha value is -3.39. The highest BCUT2D eigenvalue weighted by atomic mass is 35.5. The number of pyridine rings is 2. The fraction of sp³-hybridized carbons (Fsp3) is 0.250. The first kappa shape index (κ1) is 29.8. The number of hydrogen-bond acceptors (Lipinski definition) is 5. The van der Waals surface area contributed by atoms with E-state index in [9.17, 15) is 9.59 Å². The number of carbonyl (C=O) groups excluding carboxylic acids is 1. The molecule has 4 rings (SSSR count). The van der Waals surface area contributed by atoms with Crippen molar-refractivity contribution in [1.82, 2.24) is 19.8 Å². The number of aryl methyl sites for hydroxylation is 1. The smallest absolute Gasteiger partial charge is 0.251 e. The van der Waals surface area contributed by atoms with E-state index < -0.39 is 0 Å². The molecule has 0 unspecified atom stereocenters. The summed E-state index contributed by atoms with van der Waals surface area (Å²) in [6.07, 6.45) is 4.43. The van der Waals surface area contributed by atoms with Gasteiger partial charge in [-0.3, -0.25) is 19.5 Å². The summed E-state index contributed by atoms with van der Waals surface area (Å²) in [6, 6.07) is 22.4. The molecule has 0 radical (unpaired) electrons. The summed E-state index contributed by atoms with van der Waals surface area (Å²) in [7, 11) is 1.77. The zero-order valence-corrected chi connectivity index (χ0v) is 22.3. The lowest BCUT2D eigenvalue weighted by molar-refractivity contribution is 0.0947. The Morgan fingerprint density at radius 2 is 1.73 bits per heavy atom. The molecule has 0 saturated carbocycles. The molecule has 0 saturated heterocycles. The fourth-order valence-electron chi connectivity index (χ4n) is 3.97. The predicted octanol–water partition coefficient (Wildman–Crippen LogP) is 4.48. The highest BCUT2D eigenvalue weighted by molar-refractivity contribution is 5.94. The predicted molar refractivity (Wildman–Crippen MR) is 152 cm³/mol. The minimum atomic E-state index is -0.0633. The molecule has 0 aliphatic heterocycles. The summed E-state index contributed by atoms with van der Waals surface area (Å²) < 4.78 is 7.62. The van der Waals surface area contributed by atoms with Gasteiger partial charge in [0.2, 0.25) is 0 Å². The number of rotatable bonds is 11. The molecule has 0 spiro atoms. The van der Waals surface area contributed by atoms with Gasteiger partial charge < -0.3 is 14.6 Å². The van der Waals surface area contributed by atoms with Crippen LogP contribution in [0.25, 0.3) is 10.9 Å². The van der Waals surface area contributed by atoms with E-state index in [1.165, 1.54) is 5.56 Å². The van der Waals surface area contributed by atoms with Crippen molar-refractivity contribution >= 4 is 41.6 Å². The highest BCUT2D eigenvalue weighted by Crippen LogP contribution is 2.19. The van der Waals surface area contributed by atoms with Gasteiger partial charge in [0.05, 0.1) is 12.1 Å². The summed E-state index contributed by atoms with van der Waals surface area (Å²) in [5, 5.41) is 3.98. The average molecular weight is 543 g/mol. The maximum absolute atomic E-state index is 12.4. The number of hydrogen-bond donors (Lipinski definition) is 1. The Kier molecular flexibility index (Phi) is 12.1. The molecular formula is C28H32Cl2N4O3. The second kappa shape index (κ2) is 15.0. The molecule has 0 bridgehead atoms. The number of carbonyl (C=O) groups is 1. The van der Waals surface area contributed by atoms with Crippen LogP contribution in [0.3, 0.4) is 0 Å². The van der Waals surface area contributed by atoms with Crippen LogP contribution in [0.4, 0.5) is 0 Å². The van der Waals surface area contributed by atoms with Crippen LogP contribution in [0.1, 0.15) is 22.3 Å². The van der Waals surface area contributed by atoms with Crippen molar-refractivity contribution < 1.29 is 9.53 Å². The Balaban J connectivity index is 0.00000241. The number of halogens is 2. The maximum Gasteiger partial charge on any atom is 0.251 e. The third kappa shape index (κ3) is 8.60. The van der Waals surface area contributed by atoms with E-state index in [1.54, 1.807) is 30.1 Å². The van der Waals surface area contributed by atoms with Crippen molar-refractivity contribution in [3.05, 3.63) is 107 Å². The summed E-state index contributed by atoms with van der Waals surface area (Å²) in [5.41, 5.74) is 2.69. The Morgan fingerprint density at radius 1 is 0.973 bits per heavy atom. The third-order valence-corrected chi connectivity index (χ3v) is 5.89.